The lowest BCUT2D eigenvalue weighted by Crippen LogP contribution is -2.46. The average Bonchev–Trinajstić information content (AvgIpc) is 2.36. The van der Waals surface area contributed by atoms with E-state index in [0.717, 1.165) is 18.8 Å². The van der Waals surface area contributed by atoms with Crippen molar-refractivity contribution in [3.8, 4) is 0 Å². The molecule has 0 aromatic carbocycles. The molecule has 0 heterocycles. The van der Waals surface area contributed by atoms with Crippen LogP contribution in [0.3, 0.4) is 0 Å². The van der Waals surface area contributed by atoms with Crippen molar-refractivity contribution >= 4 is 12.0 Å². The lowest BCUT2D eigenvalue weighted by Gasteiger charge is -2.33. The molecule has 0 radical (unpaired) electrons. The van der Waals surface area contributed by atoms with Gasteiger partial charge in [0.05, 0.1) is 6.61 Å². The van der Waals surface area contributed by atoms with Crippen molar-refractivity contribution in [1.82, 2.24) is 10.2 Å². The number of carbonyl (C=O) groups is 2. The molecule has 0 aromatic heterocycles. The lowest BCUT2D eigenvalue weighted by atomic mass is 9.87. The third-order valence-electron chi connectivity index (χ3n) is 3.54. The number of nitrogens with one attached hydrogen (secondary N) is 1. The van der Waals surface area contributed by atoms with Crippen molar-refractivity contribution in [2.24, 2.45) is 5.92 Å². The summed E-state index contributed by atoms with van der Waals surface area (Å²) in [5.74, 6) is 0.369. The zero-order valence-electron chi connectivity index (χ0n) is 11.6. The molecular weight excluding hydrogens is 232 g/mol. The SMILES string of the molecule is CCOC(=O)CNC(=O)N(C)C1CCC(C)CC1. The Kier molecular flexibility index (Phi) is 5.95. The van der Waals surface area contributed by atoms with Gasteiger partial charge < -0.3 is 15.0 Å². The molecule has 104 valence electrons. The van der Waals surface area contributed by atoms with Crippen LogP contribution in [0.5, 0.6) is 0 Å². The van der Waals surface area contributed by atoms with Crippen LogP contribution >= 0.6 is 0 Å². The number of hydrogen-bond donors (Lipinski definition) is 1. The molecule has 1 rings (SSSR count). The molecular formula is C13H24N2O3. The number of nitrogens with zero attached hydrogens (tertiary/aromatic N) is 1. The maximum absolute atomic E-state index is 11.8. The van der Waals surface area contributed by atoms with Gasteiger partial charge in [0, 0.05) is 13.1 Å². The predicted molar refractivity (Wildman–Crippen MR) is 69.2 cm³/mol. The summed E-state index contributed by atoms with van der Waals surface area (Å²) in [7, 11) is 1.79. The molecule has 0 aromatic rings. The fraction of sp³-hybridized carbons (Fsp3) is 0.846. The van der Waals surface area contributed by atoms with E-state index in [-0.39, 0.29) is 12.6 Å². The number of carbonyl (C=O) groups excluding carboxylic acids is 2. The van der Waals surface area contributed by atoms with Gasteiger partial charge in [-0.1, -0.05) is 6.92 Å². The van der Waals surface area contributed by atoms with Crippen LogP contribution in [0.15, 0.2) is 0 Å². The zero-order valence-corrected chi connectivity index (χ0v) is 11.6. The summed E-state index contributed by atoms with van der Waals surface area (Å²) < 4.78 is 4.76. The van der Waals surface area contributed by atoms with Gasteiger partial charge in [0.15, 0.2) is 0 Å². The van der Waals surface area contributed by atoms with Crippen molar-refractivity contribution in [2.75, 3.05) is 20.2 Å². The first-order chi connectivity index (χ1) is 8.54. The molecule has 18 heavy (non-hydrogen) atoms. The Morgan fingerprint density at radius 1 is 1.28 bits per heavy atom. The third-order valence-corrected chi connectivity index (χ3v) is 3.54. The number of esters is 1. The average molecular weight is 256 g/mol. The number of rotatable bonds is 4. The minimum atomic E-state index is -0.392. The van der Waals surface area contributed by atoms with Gasteiger partial charge in [-0.15, -0.1) is 0 Å². The summed E-state index contributed by atoms with van der Waals surface area (Å²) in [5, 5.41) is 2.59. The van der Waals surface area contributed by atoms with Crippen LogP contribution in [0.2, 0.25) is 0 Å². The van der Waals surface area contributed by atoms with Crippen LogP contribution in [0.1, 0.15) is 39.5 Å². The van der Waals surface area contributed by atoms with Gasteiger partial charge in [0.25, 0.3) is 0 Å². The Hall–Kier alpha value is -1.26. The molecule has 5 heteroatoms. The quantitative estimate of drug-likeness (QED) is 0.780. The highest BCUT2D eigenvalue weighted by molar-refractivity contribution is 5.80. The number of ether oxygens (including phenoxy) is 1. The Labute approximate surface area is 109 Å². The van der Waals surface area contributed by atoms with Crippen LogP contribution in [0.25, 0.3) is 0 Å². The van der Waals surface area contributed by atoms with E-state index >= 15 is 0 Å². The summed E-state index contributed by atoms with van der Waals surface area (Å²) in [6.45, 7) is 4.28. The number of urea groups is 1. The smallest absolute Gasteiger partial charge is 0.325 e. The van der Waals surface area contributed by atoms with E-state index < -0.39 is 5.97 Å². The normalized spacial score (nSPS) is 23.3. The van der Waals surface area contributed by atoms with Crippen molar-refractivity contribution in [3.63, 3.8) is 0 Å². The number of amides is 2. The molecule has 2 amide bonds. The van der Waals surface area contributed by atoms with E-state index in [2.05, 4.69) is 12.2 Å². The molecule has 0 atom stereocenters. The largest absolute Gasteiger partial charge is 0.465 e. The van der Waals surface area contributed by atoms with Gasteiger partial charge in [-0.2, -0.15) is 0 Å². The minimum absolute atomic E-state index is 0.0554. The fourth-order valence-corrected chi connectivity index (χ4v) is 2.28. The second kappa shape index (κ2) is 7.24. The van der Waals surface area contributed by atoms with Gasteiger partial charge in [-0.05, 0) is 38.5 Å². The van der Waals surface area contributed by atoms with Crippen LogP contribution in [0.4, 0.5) is 4.79 Å². The van der Waals surface area contributed by atoms with Crippen molar-refractivity contribution < 1.29 is 14.3 Å². The molecule has 1 aliphatic rings. The van der Waals surface area contributed by atoms with Gasteiger partial charge in [-0.3, -0.25) is 4.79 Å². The van der Waals surface area contributed by atoms with Gasteiger partial charge >= 0.3 is 12.0 Å². The van der Waals surface area contributed by atoms with Gasteiger partial charge in [0.1, 0.15) is 6.54 Å². The second-order valence-corrected chi connectivity index (χ2v) is 4.99. The van der Waals surface area contributed by atoms with Crippen molar-refractivity contribution in [3.05, 3.63) is 0 Å². The molecule has 0 saturated heterocycles. The Morgan fingerprint density at radius 2 is 1.89 bits per heavy atom. The van der Waals surface area contributed by atoms with Crippen molar-refractivity contribution in [1.29, 1.82) is 0 Å². The molecule has 0 aliphatic heterocycles. The maximum atomic E-state index is 11.8. The van der Waals surface area contributed by atoms with E-state index in [1.54, 1.807) is 18.9 Å². The standard InChI is InChI=1S/C13H24N2O3/c1-4-18-12(16)9-14-13(17)15(3)11-7-5-10(2)6-8-11/h10-11H,4-9H2,1-3H3,(H,14,17). The van der Waals surface area contributed by atoms with E-state index in [1.165, 1.54) is 12.8 Å². The first-order valence-corrected chi connectivity index (χ1v) is 6.70. The summed E-state index contributed by atoms with van der Waals surface area (Å²) >= 11 is 0. The highest BCUT2D eigenvalue weighted by Crippen LogP contribution is 2.26. The van der Waals surface area contributed by atoms with Gasteiger partial charge in [0.2, 0.25) is 0 Å². The molecule has 0 spiro atoms. The first-order valence-electron chi connectivity index (χ1n) is 6.70. The second-order valence-electron chi connectivity index (χ2n) is 4.99. The molecule has 0 bridgehead atoms. The molecule has 1 saturated carbocycles. The Balaban J connectivity index is 2.30. The summed E-state index contributed by atoms with van der Waals surface area (Å²) in [4.78, 5) is 24.7. The number of hydrogen-bond acceptors (Lipinski definition) is 3. The van der Waals surface area contributed by atoms with Crippen LogP contribution in [0, 0.1) is 5.92 Å². The van der Waals surface area contributed by atoms with Gasteiger partial charge in [-0.25, -0.2) is 4.79 Å². The Morgan fingerprint density at radius 3 is 2.44 bits per heavy atom. The first kappa shape index (κ1) is 14.8. The predicted octanol–water partition coefficient (Wildman–Crippen LogP) is 1.77. The highest BCUT2D eigenvalue weighted by atomic mass is 16.5. The van der Waals surface area contributed by atoms with E-state index in [9.17, 15) is 9.59 Å². The highest BCUT2D eigenvalue weighted by Gasteiger charge is 2.24. The summed E-state index contributed by atoms with van der Waals surface area (Å²) in [5.41, 5.74) is 0. The van der Waals surface area contributed by atoms with E-state index in [4.69, 9.17) is 4.74 Å². The minimum Gasteiger partial charge on any atom is -0.465 e. The monoisotopic (exact) mass is 256 g/mol. The molecule has 1 N–H and O–H groups in total. The lowest BCUT2D eigenvalue weighted by molar-refractivity contribution is -0.141. The zero-order chi connectivity index (χ0) is 13.5. The fourth-order valence-electron chi connectivity index (χ4n) is 2.28. The molecule has 0 unspecified atom stereocenters. The summed E-state index contributed by atoms with van der Waals surface area (Å²) in [6.07, 6.45) is 4.43. The van der Waals surface area contributed by atoms with E-state index in [1.807, 2.05) is 0 Å². The van der Waals surface area contributed by atoms with Crippen LogP contribution < -0.4 is 5.32 Å². The van der Waals surface area contributed by atoms with Crippen LogP contribution in [-0.2, 0) is 9.53 Å². The van der Waals surface area contributed by atoms with E-state index in [0.29, 0.717) is 12.6 Å². The maximum Gasteiger partial charge on any atom is 0.325 e. The Bertz CT molecular complexity index is 286. The van der Waals surface area contributed by atoms with Crippen molar-refractivity contribution in [2.45, 2.75) is 45.6 Å². The van der Waals surface area contributed by atoms with Crippen LogP contribution in [-0.4, -0.2) is 43.1 Å². The topological polar surface area (TPSA) is 58.6 Å². The third kappa shape index (κ3) is 4.55. The summed E-state index contributed by atoms with van der Waals surface area (Å²) in [6, 6.07) is 0.103. The molecule has 1 aliphatic carbocycles. The molecule has 5 nitrogen and oxygen atoms in total. The molecule has 1 fully saturated rings.